The number of nitrogens with one attached hydrogen (secondary N) is 1. The highest BCUT2D eigenvalue weighted by atomic mass is 16.2. The van der Waals surface area contributed by atoms with Crippen molar-refractivity contribution in [1.82, 2.24) is 10.2 Å². The molecule has 0 bridgehead atoms. The van der Waals surface area contributed by atoms with Crippen molar-refractivity contribution < 1.29 is 9.59 Å². The molecule has 0 aliphatic heterocycles. The highest BCUT2D eigenvalue weighted by molar-refractivity contribution is 5.82. The summed E-state index contributed by atoms with van der Waals surface area (Å²) in [5.41, 5.74) is 5.28. The first-order valence-corrected chi connectivity index (χ1v) is 5.30. The van der Waals surface area contributed by atoms with Gasteiger partial charge in [-0.25, -0.2) is 0 Å². The van der Waals surface area contributed by atoms with Crippen molar-refractivity contribution in [1.29, 1.82) is 0 Å². The highest BCUT2D eigenvalue weighted by Crippen LogP contribution is 2.04. The zero-order valence-electron chi connectivity index (χ0n) is 9.75. The first kappa shape index (κ1) is 13.9. The van der Waals surface area contributed by atoms with E-state index in [0.29, 0.717) is 13.0 Å². The van der Waals surface area contributed by atoms with E-state index in [4.69, 9.17) is 5.73 Å². The lowest BCUT2D eigenvalue weighted by molar-refractivity contribution is -0.126. The summed E-state index contributed by atoms with van der Waals surface area (Å²) in [6.07, 6.45) is 1.52. The molecule has 3 N–H and O–H groups in total. The number of nitrogens with two attached hydrogens (primary N) is 1. The van der Waals surface area contributed by atoms with E-state index in [1.807, 2.05) is 18.7 Å². The number of carbonyl (C=O) groups is 2. The quantitative estimate of drug-likeness (QED) is 0.612. The summed E-state index contributed by atoms with van der Waals surface area (Å²) in [6.45, 7) is 4.83. The van der Waals surface area contributed by atoms with Crippen LogP contribution in [-0.4, -0.2) is 42.9 Å². The molecule has 0 aliphatic rings. The van der Waals surface area contributed by atoms with Crippen LogP contribution in [-0.2, 0) is 9.59 Å². The van der Waals surface area contributed by atoms with Crippen molar-refractivity contribution in [3.63, 3.8) is 0 Å². The van der Waals surface area contributed by atoms with Crippen LogP contribution in [0.4, 0.5) is 0 Å². The number of amides is 2. The third-order valence-electron chi connectivity index (χ3n) is 2.29. The molecule has 2 amide bonds. The van der Waals surface area contributed by atoms with E-state index in [0.717, 1.165) is 6.42 Å². The van der Waals surface area contributed by atoms with Crippen LogP contribution in [0.25, 0.3) is 0 Å². The van der Waals surface area contributed by atoms with Gasteiger partial charge >= 0.3 is 0 Å². The molecule has 0 spiro atoms. The summed E-state index contributed by atoms with van der Waals surface area (Å²) < 4.78 is 0. The third kappa shape index (κ3) is 4.78. The Morgan fingerprint density at radius 2 is 2.00 bits per heavy atom. The second-order valence-electron chi connectivity index (χ2n) is 3.47. The molecule has 0 aromatic rings. The van der Waals surface area contributed by atoms with Gasteiger partial charge in [-0.15, -0.1) is 0 Å². The Bertz CT molecular complexity index is 219. The summed E-state index contributed by atoms with van der Waals surface area (Å²) in [7, 11) is 1.58. The Kier molecular flexibility index (Phi) is 6.70. The topological polar surface area (TPSA) is 75.4 Å². The summed E-state index contributed by atoms with van der Waals surface area (Å²) in [5.74, 6) is -0.460. The largest absolute Gasteiger partial charge is 0.368 e. The highest BCUT2D eigenvalue weighted by Gasteiger charge is 2.22. The van der Waals surface area contributed by atoms with Gasteiger partial charge in [0.25, 0.3) is 0 Å². The second-order valence-corrected chi connectivity index (χ2v) is 3.47. The van der Waals surface area contributed by atoms with Crippen LogP contribution in [0.3, 0.4) is 0 Å². The zero-order chi connectivity index (χ0) is 11.8. The van der Waals surface area contributed by atoms with Gasteiger partial charge in [-0.05, 0) is 19.4 Å². The molecule has 0 radical (unpaired) electrons. The zero-order valence-corrected chi connectivity index (χ0v) is 9.75. The van der Waals surface area contributed by atoms with E-state index < -0.39 is 0 Å². The number of nitrogens with zero attached hydrogens (tertiary/aromatic N) is 1. The molecule has 88 valence electrons. The summed E-state index contributed by atoms with van der Waals surface area (Å²) >= 11 is 0. The average molecular weight is 215 g/mol. The first-order chi connectivity index (χ1) is 7.06. The van der Waals surface area contributed by atoms with Gasteiger partial charge in [-0.3, -0.25) is 14.5 Å². The van der Waals surface area contributed by atoms with Gasteiger partial charge in [-0.2, -0.15) is 0 Å². The smallest absolute Gasteiger partial charge is 0.234 e. The lowest BCUT2D eigenvalue weighted by Gasteiger charge is -2.27. The minimum atomic E-state index is -0.366. The molecular formula is C10H21N3O2. The van der Waals surface area contributed by atoms with Gasteiger partial charge in [0.05, 0.1) is 12.6 Å². The molecular weight excluding hydrogens is 194 g/mol. The minimum absolute atomic E-state index is 0.0943. The monoisotopic (exact) mass is 215 g/mol. The van der Waals surface area contributed by atoms with Gasteiger partial charge in [0.1, 0.15) is 0 Å². The molecule has 1 atom stereocenters. The molecule has 0 heterocycles. The molecule has 0 saturated carbocycles. The van der Waals surface area contributed by atoms with Gasteiger partial charge in [0.2, 0.25) is 11.8 Å². The molecule has 1 unspecified atom stereocenters. The number of primary amides is 1. The van der Waals surface area contributed by atoms with Crippen molar-refractivity contribution in [3.8, 4) is 0 Å². The molecule has 0 aromatic heterocycles. The van der Waals surface area contributed by atoms with Crippen molar-refractivity contribution in [2.45, 2.75) is 32.7 Å². The van der Waals surface area contributed by atoms with Crippen molar-refractivity contribution in [2.75, 3.05) is 20.1 Å². The van der Waals surface area contributed by atoms with E-state index in [9.17, 15) is 9.59 Å². The number of rotatable bonds is 7. The Morgan fingerprint density at radius 1 is 1.40 bits per heavy atom. The molecule has 0 aromatic carbocycles. The third-order valence-corrected chi connectivity index (χ3v) is 2.29. The van der Waals surface area contributed by atoms with E-state index in [1.165, 1.54) is 0 Å². The van der Waals surface area contributed by atoms with Crippen molar-refractivity contribution in [3.05, 3.63) is 0 Å². The van der Waals surface area contributed by atoms with Crippen LogP contribution in [0, 0.1) is 0 Å². The number of likely N-dealkylation sites (N-methyl/N-ethyl adjacent to an activating group) is 1. The molecule has 5 heteroatoms. The van der Waals surface area contributed by atoms with Crippen molar-refractivity contribution >= 4 is 11.8 Å². The van der Waals surface area contributed by atoms with E-state index in [2.05, 4.69) is 5.32 Å². The van der Waals surface area contributed by atoms with Crippen LogP contribution in [0.5, 0.6) is 0 Å². The Morgan fingerprint density at radius 3 is 2.33 bits per heavy atom. The lowest BCUT2D eigenvalue weighted by Crippen LogP contribution is -2.48. The molecule has 5 nitrogen and oxygen atoms in total. The van der Waals surface area contributed by atoms with E-state index in [-0.39, 0.29) is 24.4 Å². The average Bonchev–Trinajstić information content (AvgIpc) is 2.18. The number of carbonyl (C=O) groups excluding carboxylic acids is 2. The maximum Gasteiger partial charge on any atom is 0.234 e. The fraction of sp³-hybridized carbons (Fsp3) is 0.800. The predicted octanol–water partition coefficient (Wildman–Crippen LogP) is -0.292. The maximum atomic E-state index is 11.2. The normalized spacial score (nSPS) is 12.5. The predicted molar refractivity (Wildman–Crippen MR) is 59.2 cm³/mol. The molecule has 0 rings (SSSR count). The second kappa shape index (κ2) is 7.23. The van der Waals surface area contributed by atoms with Crippen LogP contribution in [0.15, 0.2) is 0 Å². The van der Waals surface area contributed by atoms with Gasteiger partial charge in [0.15, 0.2) is 0 Å². The Balaban J connectivity index is 4.46. The fourth-order valence-corrected chi connectivity index (χ4v) is 1.54. The molecule has 0 saturated heterocycles. The standard InChI is InChI=1S/C10H21N3O2/c1-4-6-13(7-9(14)12-3)8(5-2)10(11)15/h8H,4-7H2,1-3H3,(H2,11,15)(H,12,14). The van der Waals surface area contributed by atoms with Gasteiger partial charge in [0, 0.05) is 7.05 Å². The summed E-state index contributed by atoms with van der Waals surface area (Å²) in [6, 6.07) is -0.345. The Labute approximate surface area is 91.0 Å². The SMILES string of the molecule is CCCN(CC(=O)NC)C(CC)C(N)=O. The van der Waals surface area contributed by atoms with Gasteiger partial charge < -0.3 is 11.1 Å². The summed E-state index contributed by atoms with van der Waals surface area (Å²) in [4.78, 5) is 24.2. The minimum Gasteiger partial charge on any atom is -0.368 e. The van der Waals surface area contributed by atoms with E-state index >= 15 is 0 Å². The van der Waals surface area contributed by atoms with Crippen LogP contribution in [0.1, 0.15) is 26.7 Å². The maximum absolute atomic E-state index is 11.2. The first-order valence-electron chi connectivity index (χ1n) is 5.30. The van der Waals surface area contributed by atoms with Crippen LogP contribution in [0.2, 0.25) is 0 Å². The molecule has 0 fully saturated rings. The Hall–Kier alpha value is -1.10. The lowest BCUT2D eigenvalue weighted by atomic mass is 10.1. The summed E-state index contributed by atoms with van der Waals surface area (Å²) in [5, 5.41) is 2.54. The number of hydrogen-bond donors (Lipinski definition) is 2. The van der Waals surface area contributed by atoms with Crippen molar-refractivity contribution in [2.24, 2.45) is 5.73 Å². The van der Waals surface area contributed by atoms with Crippen LogP contribution >= 0.6 is 0 Å². The number of hydrogen-bond acceptors (Lipinski definition) is 3. The molecule has 0 aliphatic carbocycles. The van der Waals surface area contributed by atoms with Crippen LogP contribution < -0.4 is 11.1 Å². The fourth-order valence-electron chi connectivity index (χ4n) is 1.54. The van der Waals surface area contributed by atoms with E-state index in [1.54, 1.807) is 7.05 Å². The molecule has 15 heavy (non-hydrogen) atoms. The van der Waals surface area contributed by atoms with Gasteiger partial charge in [-0.1, -0.05) is 13.8 Å².